The molecule has 0 spiro atoms. The molecular formula is C27H24Cl2N8O3S. The van der Waals surface area contributed by atoms with Gasteiger partial charge in [-0.25, -0.2) is 10.1 Å². The summed E-state index contributed by atoms with van der Waals surface area (Å²) < 4.78 is 14.2. The number of ether oxygens (including phenoxy) is 2. The number of amides is 1. The first-order chi connectivity index (χ1) is 19.9. The maximum absolute atomic E-state index is 12.8. The van der Waals surface area contributed by atoms with E-state index in [1.54, 1.807) is 60.7 Å². The van der Waals surface area contributed by atoms with Gasteiger partial charge in [-0.05, 0) is 49.4 Å². The minimum absolute atomic E-state index is 0.0200. The summed E-state index contributed by atoms with van der Waals surface area (Å²) in [6.07, 6.45) is 0. The van der Waals surface area contributed by atoms with Crippen LogP contribution in [0, 0.1) is 0 Å². The van der Waals surface area contributed by atoms with Crippen LogP contribution in [-0.4, -0.2) is 61.3 Å². The number of aromatic nitrogens is 6. The standard InChI is InChI=1S/C27H24Cl2N8O3S/c1-16(19-10-9-18(39-2)13-24(19)40-3)30-33-26(38)15-41-27-34-32-25(37(27)22-11-8-17(28)12-20(22)29)14-36-23-7-5-4-6-21(23)31-35-36/h4-13H,14-15H2,1-3H3,(H,33,38). The van der Waals surface area contributed by atoms with Gasteiger partial charge in [0.25, 0.3) is 5.91 Å². The minimum atomic E-state index is -0.331. The molecule has 0 aliphatic heterocycles. The van der Waals surface area contributed by atoms with E-state index in [-0.39, 0.29) is 18.2 Å². The van der Waals surface area contributed by atoms with Crippen molar-refractivity contribution < 1.29 is 14.3 Å². The fourth-order valence-corrected chi connectivity index (χ4v) is 5.28. The number of hydrogen-bond donors (Lipinski definition) is 1. The first-order valence-electron chi connectivity index (χ1n) is 12.2. The van der Waals surface area contributed by atoms with Gasteiger partial charge in [0.2, 0.25) is 0 Å². The quantitative estimate of drug-likeness (QED) is 0.133. The van der Waals surface area contributed by atoms with Gasteiger partial charge in [0, 0.05) is 16.7 Å². The van der Waals surface area contributed by atoms with Crippen LogP contribution in [0.25, 0.3) is 16.7 Å². The maximum Gasteiger partial charge on any atom is 0.250 e. The number of carbonyl (C=O) groups is 1. The molecule has 3 aromatic carbocycles. The molecule has 0 aliphatic rings. The number of rotatable bonds is 10. The maximum atomic E-state index is 12.8. The first kappa shape index (κ1) is 28.4. The fraction of sp³-hybridized carbons (Fsp3) is 0.185. The topological polar surface area (TPSA) is 121 Å². The van der Waals surface area contributed by atoms with Crippen molar-refractivity contribution in [1.29, 1.82) is 0 Å². The molecule has 0 fully saturated rings. The molecular weight excluding hydrogens is 587 g/mol. The smallest absolute Gasteiger partial charge is 0.250 e. The molecule has 0 atom stereocenters. The fourth-order valence-electron chi connectivity index (χ4n) is 4.04. The van der Waals surface area contributed by atoms with E-state index < -0.39 is 0 Å². The lowest BCUT2D eigenvalue weighted by molar-refractivity contribution is -0.118. The summed E-state index contributed by atoms with van der Waals surface area (Å²) in [6, 6.07) is 18.1. The highest BCUT2D eigenvalue weighted by atomic mass is 35.5. The summed E-state index contributed by atoms with van der Waals surface area (Å²) in [6.45, 7) is 2.05. The van der Waals surface area contributed by atoms with Gasteiger partial charge in [0.15, 0.2) is 11.0 Å². The van der Waals surface area contributed by atoms with E-state index in [0.29, 0.717) is 43.9 Å². The summed E-state index contributed by atoms with van der Waals surface area (Å²) in [5, 5.41) is 22.8. The van der Waals surface area contributed by atoms with E-state index in [1.807, 2.05) is 30.3 Å². The molecule has 0 saturated heterocycles. The summed E-state index contributed by atoms with van der Waals surface area (Å²) in [5.74, 6) is 1.47. The van der Waals surface area contributed by atoms with Gasteiger partial charge in [-0.3, -0.25) is 9.36 Å². The zero-order chi connectivity index (χ0) is 28.9. The number of hydrogen-bond acceptors (Lipinski definition) is 9. The second-order valence-electron chi connectivity index (χ2n) is 8.65. The second-order valence-corrected chi connectivity index (χ2v) is 10.4. The molecule has 0 unspecified atom stereocenters. The van der Waals surface area contributed by atoms with E-state index in [2.05, 4.69) is 31.0 Å². The largest absolute Gasteiger partial charge is 0.497 e. The van der Waals surface area contributed by atoms with E-state index in [0.717, 1.165) is 16.6 Å². The van der Waals surface area contributed by atoms with Crippen LogP contribution in [0.4, 0.5) is 0 Å². The van der Waals surface area contributed by atoms with Crippen LogP contribution >= 0.6 is 35.0 Å². The molecule has 2 aromatic heterocycles. The number of nitrogens with one attached hydrogen (secondary N) is 1. The Morgan fingerprint density at radius 2 is 1.85 bits per heavy atom. The number of carbonyl (C=O) groups excluding carboxylic acids is 1. The van der Waals surface area contributed by atoms with Gasteiger partial charge in [0.05, 0.1) is 41.9 Å². The zero-order valence-electron chi connectivity index (χ0n) is 22.2. The predicted molar refractivity (Wildman–Crippen MR) is 159 cm³/mol. The minimum Gasteiger partial charge on any atom is -0.497 e. The molecule has 5 rings (SSSR count). The Bertz CT molecular complexity index is 1750. The van der Waals surface area contributed by atoms with Crippen molar-refractivity contribution in [1.82, 2.24) is 35.2 Å². The molecule has 210 valence electrons. The average Bonchev–Trinajstić information content (AvgIpc) is 3.58. The summed E-state index contributed by atoms with van der Waals surface area (Å²) in [4.78, 5) is 12.8. The Morgan fingerprint density at radius 3 is 2.63 bits per heavy atom. The van der Waals surface area contributed by atoms with Crippen molar-refractivity contribution >= 4 is 57.6 Å². The zero-order valence-corrected chi connectivity index (χ0v) is 24.5. The summed E-state index contributed by atoms with van der Waals surface area (Å²) in [7, 11) is 3.14. The summed E-state index contributed by atoms with van der Waals surface area (Å²) >= 11 is 13.9. The van der Waals surface area contributed by atoms with Gasteiger partial charge in [-0.15, -0.1) is 15.3 Å². The molecule has 11 nitrogen and oxygen atoms in total. The molecule has 0 radical (unpaired) electrons. The second kappa shape index (κ2) is 12.6. The highest BCUT2D eigenvalue weighted by Crippen LogP contribution is 2.30. The molecule has 41 heavy (non-hydrogen) atoms. The molecule has 1 amide bonds. The molecule has 0 saturated carbocycles. The van der Waals surface area contributed by atoms with Crippen LogP contribution < -0.4 is 14.9 Å². The highest BCUT2D eigenvalue weighted by Gasteiger charge is 2.20. The number of methoxy groups -OCH3 is 2. The van der Waals surface area contributed by atoms with Crippen LogP contribution in [-0.2, 0) is 11.3 Å². The van der Waals surface area contributed by atoms with Crippen molar-refractivity contribution in [2.75, 3.05) is 20.0 Å². The number of hydrazone groups is 1. The highest BCUT2D eigenvalue weighted by molar-refractivity contribution is 7.99. The van der Waals surface area contributed by atoms with E-state index >= 15 is 0 Å². The van der Waals surface area contributed by atoms with Crippen LogP contribution in [0.3, 0.4) is 0 Å². The van der Waals surface area contributed by atoms with Gasteiger partial charge in [0.1, 0.15) is 23.6 Å². The lowest BCUT2D eigenvalue weighted by atomic mass is 10.1. The Morgan fingerprint density at radius 1 is 1.02 bits per heavy atom. The molecule has 5 aromatic rings. The van der Waals surface area contributed by atoms with Gasteiger partial charge in [-0.1, -0.05) is 52.3 Å². The number of thioether (sulfide) groups is 1. The van der Waals surface area contributed by atoms with E-state index in [9.17, 15) is 4.79 Å². The van der Waals surface area contributed by atoms with Gasteiger partial charge >= 0.3 is 0 Å². The first-order valence-corrected chi connectivity index (χ1v) is 14.0. The third kappa shape index (κ3) is 6.29. The van der Waals surface area contributed by atoms with E-state index in [4.69, 9.17) is 32.7 Å². The molecule has 14 heteroatoms. The SMILES string of the molecule is COc1ccc(C(C)=NNC(=O)CSc2nnc(Cn3nnc4ccccc43)n2-c2ccc(Cl)cc2Cl)c(OC)c1. The lowest BCUT2D eigenvalue weighted by Gasteiger charge is -2.12. The number of benzene rings is 3. The van der Waals surface area contributed by atoms with Gasteiger partial charge in [-0.2, -0.15) is 5.10 Å². The Hall–Kier alpha value is -4.13. The van der Waals surface area contributed by atoms with E-state index in [1.165, 1.54) is 11.8 Å². The number of halogens is 2. The molecule has 0 aliphatic carbocycles. The Labute approximate surface area is 249 Å². The normalized spacial score (nSPS) is 11.6. The Kier molecular flexibility index (Phi) is 8.72. The van der Waals surface area contributed by atoms with Crippen molar-refractivity contribution in [2.24, 2.45) is 5.10 Å². The van der Waals surface area contributed by atoms with Crippen LogP contribution in [0.15, 0.2) is 70.9 Å². The summed E-state index contributed by atoms with van der Waals surface area (Å²) in [5.41, 5.74) is 6.11. The molecule has 2 heterocycles. The molecule has 1 N–H and O–H groups in total. The molecule has 0 bridgehead atoms. The number of nitrogens with zero attached hydrogens (tertiary/aromatic N) is 7. The monoisotopic (exact) mass is 610 g/mol. The van der Waals surface area contributed by atoms with Crippen LogP contribution in [0.1, 0.15) is 18.3 Å². The van der Waals surface area contributed by atoms with Crippen molar-refractivity contribution in [3.05, 3.63) is 82.1 Å². The van der Waals surface area contributed by atoms with Crippen molar-refractivity contribution in [3.63, 3.8) is 0 Å². The lowest BCUT2D eigenvalue weighted by Crippen LogP contribution is -2.21. The van der Waals surface area contributed by atoms with Crippen molar-refractivity contribution in [2.45, 2.75) is 18.6 Å². The van der Waals surface area contributed by atoms with Gasteiger partial charge < -0.3 is 9.47 Å². The Balaban J connectivity index is 1.36. The number of fused-ring (bicyclic) bond motifs is 1. The van der Waals surface area contributed by atoms with Crippen molar-refractivity contribution in [3.8, 4) is 17.2 Å². The predicted octanol–water partition coefficient (Wildman–Crippen LogP) is 5.02. The van der Waals surface area contributed by atoms with Crippen LogP contribution in [0.2, 0.25) is 10.0 Å². The third-order valence-electron chi connectivity index (χ3n) is 6.04. The average molecular weight is 612 g/mol. The van der Waals surface area contributed by atoms with Crippen LogP contribution in [0.5, 0.6) is 11.5 Å². The third-order valence-corrected chi connectivity index (χ3v) is 7.51. The number of para-hydroxylation sites is 1.